The molecule has 0 radical (unpaired) electrons. The van der Waals surface area contributed by atoms with E-state index in [1.165, 1.54) is 12.1 Å². The van der Waals surface area contributed by atoms with Crippen molar-refractivity contribution >= 4 is 5.91 Å². The van der Waals surface area contributed by atoms with E-state index >= 15 is 0 Å². The highest BCUT2D eigenvalue weighted by Crippen LogP contribution is 2.28. The van der Waals surface area contributed by atoms with E-state index in [0.29, 0.717) is 42.6 Å². The highest BCUT2D eigenvalue weighted by atomic mass is 19.1. The first kappa shape index (κ1) is 17.5. The molecule has 1 unspecified atom stereocenters. The molecule has 1 saturated heterocycles. The van der Waals surface area contributed by atoms with Gasteiger partial charge in [0.25, 0.3) is 5.89 Å². The largest absolute Gasteiger partial charge is 0.456 e. The Bertz CT molecular complexity index is 979. The summed E-state index contributed by atoms with van der Waals surface area (Å²) in [7, 11) is 0. The zero-order valence-corrected chi connectivity index (χ0v) is 15.2. The van der Waals surface area contributed by atoms with Crippen LogP contribution in [0.4, 0.5) is 4.39 Å². The van der Waals surface area contributed by atoms with Crippen LogP contribution in [0.15, 0.2) is 45.2 Å². The molecule has 0 bridgehead atoms. The molecule has 1 aromatic carbocycles. The van der Waals surface area contributed by atoms with Gasteiger partial charge in [-0.1, -0.05) is 12.1 Å². The third-order valence-corrected chi connectivity index (χ3v) is 4.67. The maximum absolute atomic E-state index is 13.7. The molecule has 1 aliphatic heterocycles. The molecule has 140 valence electrons. The van der Waals surface area contributed by atoms with Crippen LogP contribution in [0.2, 0.25) is 0 Å². The predicted octanol–water partition coefficient (Wildman–Crippen LogP) is 3.36. The number of furan rings is 1. The van der Waals surface area contributed by atoms with Crippen LogP contribution in [0, 0.1) is 19.7 Å². The van der Waals surface area contributed by atoms with Crippen molar-refractivity contribution in [3.63, 3.8) is 0 Å². The van der Waals surface area contributed by atoms with Gasteiger partial charge in [0, 0.05) is 19.6 Å². The number of aryl methyl sites for hydroxylation is 2. The lowest BCUT2D eigenvalue weighted by atomic mass is 10.0. The smallest absolute Gasteiger partial charge is 0.263 e. The number of hydrogen-bond acceptors (Lipinski definition) is 5. The van der Waals surface area contributed by atoms with Crippen LogP contribution < -0.4 is 5.32 Å². The van der Waals surface area contributed by atoms with Crippen molar-refractivity contribution in [2.45, 2.75) is 26.4 Å². The SMILES string of the molecule is Cc1ccc(-c2nc(CN3CCNC(=O)C3c3cccc(F)c3)c(C)o2)o1. The second kappa shape index (κ2) is 7.00. The minimum atomic E-state index is -0.570. The standard InChI is InChI=1S/C20H20FN3O3/c1-12-6-7-17(26-12)20-23-16(13(2)27-20)11-24-9-8-22-19(25)18(24)14-4-3-5-15(21)10-14/h3-7,10,18H,8-9,11H2,1-2H3,(H,22,25). The van der Waals surface area contributed by atoms with Gasteiger partial charge < -0.3 is 14.2 Å². The number of benzene rings is 1. The Hall–Kier alpha value is -2.93. The van der Waals surface area contributed by atoms with Crippen molar-refractivity contribution in [1.29, 1.82) is 0 Å². The minimum absolute atomic E-state index is 0.144. The number of rotatable bonds is 4. The van der Waals surface area contributed by atoms with Gasteiger partial charge in [0.15, 0.2) is 5.76 Å². The van der Waals surface area contributed by atoms with E-state index in [0.717, 1.165) is 11.5 Å². The first-order valence-electron chi connectivity index (χ1n) is 8.81. The Labute approximate surface area is 156 Å². The van der Waals surface area contributed by atoms with E-state index in [1.807, 2.05) is 30.9 Å². The topological polar surface area (TPSA) is 71.5 Å². The second-order valence-electron chi connectivity index (χ2n) is 6.65. The molecule has 7 heteroatoms. The molecule has 6 nitrogen and oxygen atoms in total. The van der Waals surface area contributed by atoms with Gasteiger partial charge in [-0.05, 0) is 43.7 Å². The summed E-state index contributed by atoms with van der Waals surface area (Å²) in [5.41, 5.74) is 1.35. The molecule has 1 fully saturated rings. The summed E-state index contributed by atoms with van der Waals surface area (Å²) in [6, 6.07) is 9.24. The van der Waals surface area contributed by atoms with Gasteiger partial charge >= 0.3 is 0 Å². The number of hydrogen-bond donors (Lipinski definition) is 1. The summed E-state index contributed by atoms with van der Waals surface area (Å²) in [5, 5.41) is 2.85. The van der Waals surface area contributed by atoms with E-state index in [4.69, 9.17) is 8.83 Å². The third-order valence-electron chi connectivity index (χ3n) is 4.67. The first-order chi connectivity index (χ1) is 13.0. The lowest BCUT2D eigenvalue weighted by Crippen LogP contribution is -2.49. The van der Waals surface area contributed by atoms with Gasteiger partial charge in [0.2, 0.25) is 5.91 Å². The third kappa shape index (κ3) is 3.50. The summed E-state index contributed by atoms with van der Waals surface area (Å²) < 4.78 is 25.0. The molecule has 1 atom stereocenters. The van der Waals surface area contributed by atoms with Crippen LogP contribution in [0.5, 0.6) is 0 Å². The highest BCUT2D eigenvalue weighted by Gasteiger charge is 2.32. The van der Waals surface area contributed by atoms with Crippen LogP contribution in [0.1, 0.15) is 28.8 Å². The first-order valence-corrected chi connectivity index (χ1v) is 8.81. The molecule has 2 aromatic heterocycles. The molecule has 0 spiro atoms. The van der Waals surface area contributed by atoms with E-state index in [1.54, 1.807) is 12.1 Å². The van der Waals surface area contributed by atoms with Crippen molar-refractivity contribution in [3.05, 3.63) is 65.0 Å². The van der Waals surface area contributed by atoms with Gasteiger partial charge in [-0.15, -0.1) is 0 Å². The Balaban J connectivity index is 1.62. The number of nitrogens with one attached hydrogen (secondary N) is 1. The van der Waals surface area contributed by atoms with Crippen molar-refractivity contribution in [2.24, 2.45) is 0 Å². The number of carbonyl (C=O) groups is 1. The Morgan fingerprint density at radius 3 is 2.85 bits per heavy atom. The molecular formula is C20H20FN3O3. The van der Waals surface area contributed by atoms with Crippen molar-refractivity contribution in [3.8, 4) is 11.7 Å². The summed E-state index contributed by atoms with van der Waals surface area (Å²) in [4.78, 5) is 19.0. The Morgan fingerprint density at radius 1 is 1.26 bits per heavy atom. The fourth-order valence-corrected chi connectivity index (χ4v) is 3.35. The van der Waals surface area contributed by atoms with Crippen LogP contribution in [-0.2, 0) is 11.3 Å². The maximum atomic E-state index is 13.7. The number of carbonyl (C=O) groups excluding carboxylic acids is 1. The number of piperazine rings is 1. The molecule has 0 aliphatic carbocycles. The quantitative estimate of drug-likeness (QED) is 0.763. The summed E-state index contributed by atoms with van der Waals surface area (Å²) in [5.74, 6) is 1.93. The van der Waals surface area contributed by atoms with Gasteiger partial charge in [0.1, 0.15) is 23.4 Å². The molecule has 3 aromatic rings. The van der Waals surface area contributed by atoms with E-state index in [2.05, 4.69) is 10.3 Å². The van der Waals surface area contributed by atoms with Crippen molar-refractivity contribution < 1.29 is 18.0 Å². The van der Waals surface area contributed by atoms with Crippen molar-refractivity contribution in [2.75, 3.05) is 13.1 Å². The Kier molecular flexibility index (Phi) is 4.53. The lowest BCUT2D eigenvalue weighted by Gasteiger charge is -2.34. The molecule has 1 amide bonds. The number of halogens is 1. The summed E-state index contributed by atoms with van der Waals surface area (Å²) >= 11 is 0. The monoisotopic (exact) mass is 369 g/mol. The second-order valence-corrected chi connectivity index (χ2v) is 6.65. The van der Waals surface area contributed by atoms with Crippen molar-refractivity contribution in [1.82, 2.24) is 15.2 Å². The number of nitrogens with zero attached hydrogens (tertiary/aromatic N) is 2. The van der Waals surface area contributed by atoms with Gasteiger partial charge in [-0.25, -0.2) is 9.37 Å². The zero-order valence-electron chi connectivity index (χ0n) is 15.2. The van der Waals surface area contributed by atoms with Gasteiger partial charge in [0.05, 0.1) is 5.69 Å². The predicted molar refractivity (Wildman–Crippen MR) is 96.2 cm³/mol. The zero-order chi connectivity index (χ0) is 19.0. The average molecular weight is 369 g/mol. The highest BCUT2D eigenvalue weighted by molar-refractivity contribution is 5.83. The maximum Gasteiger partial charge on any atom is 0.263 e. The van der Waals surface area contributed by atoms with Crippen LogP contribution >= 0.6 is 0 Å². The molecule has 0 saturated carbocycles. The molecule has 3 heterocycles. The van der Waals surface area contributed by atoms with Gasteiger partial charge in [-0.3, -0.25) is 9.69 Å². The normalized spacial score (nSPS) is 17.9. The lowest BCUT2D eigenvalue weighted by molar-refractivity contribution is -0.129. The van der Waals surface area contributed by atoms with Crippen LogP contribution in [0.3, 0.4) is 0 Å². The molecular weight excluding hydrogens is 349 g/mol. The Morgan fingerprint density at radius 2 is 2.11 bits per heavy atom. The van der Waals surface area contributed by atoms with Crippen LogP contribution in [0.25, 0.3) is 11.7 Å². The minimum Gasteiger partial charge on any atom is -0.456 e. The fourth-order valence-electron chi connectivity index (χ4n) is 3.35. The molecule has 1 N–H and O–H groups in total. The number of amides is 1. The van der Waals surface area contributed by atoms with E-state index in [-0.39, 0.29) is 11.7 Å². The van der Waals surface area contributed by atoms with Gasteiger partial charge in [-0.2, -0.15) is 0 Å². The molecule has 4 rings (SSSR count). The van der Waals surface area contributed by atoms with E-state index in [9.17, 15) is 9.18 Å². The van der Waals surface area contributed by atoms with E-state index < -0.39 is 6.04 Å². The summed E-state index contributed by atoms with van der Waals surface area (Å²) in [6.45, 7) is 5.28. The number of aromatic nitrogens is 1. The molecule has 27 heavy (non-hydrogen) atoms. The fraction of sp³-hybridized carbons (Fsp3) is 0.300. The average Bonchev–Trinajstić information content (AvgIpc) is 3.21. The number of oxazole rings is 1. The molecule has 1 aliphatic rings. The van der Waals surface area contributed by atoms with Crippen LogP contribution in [-0.4, -0.2) is 28.9 Å². The summed E-state index contributed by atoms with van der Waals surface area (Å²) in [6.07, 6.45) is 0.